The van der Waals surface area contributed by atoms with E-state index in [1.54, 1.807) is 0 Å². The first-order valence-corrected chi connectivity index (χ1v) is 4.40. The van der Waals surface area contributed by atoms with Crippen LogP contribution in [0.1, 0.15) is 13.8 Å². The molecule has 0 amide bonds. The molecule has 86 valence electrons. The van der Waals surface area contributed by atoms with Crippen LogP contribution >= 0.6 is 0 Å². The van der Waals surface area contributed by atoms with Crippen LogP contribution in [-0.2, 0) is 0 Å². The predicted octanol–water partition coefficient (Wildman–Crippen LogP) is 1.90. The highest BCUT2D eigenvalue weighted by molar-refractivity contribution is 6.50. The van der Waals surface area contributed by atoms with Crippen LogP contribution in [0.2, 0.25) is 0 Å². The molecule has 1 aliphatic rings. The lowest BCUT2D eigenvalue weighted by molar-refractivity contribution is 0.289. The third-order valence-corrected chi connectivity index (χ3v) is 2.53. The summed E-state index contributed by atoms with van der Waals surface area (Å²) < 4.78 is 39.0. The summed E-state index contributed by atoms with van der Waals surface area (Å²) in [6.45, 7) is 5.66. The van der Waals surface area contributed by atoms with E-state index < -0.39 is 7.25 Å². The minimum absolute atomic E-state index is 0.718. The second kappa shape index (κ2) is 4.98. The molecule has 1 rings (SSSR count). The third-order valence-electron chi connectivity index (χ3n) is 2.53. The Hall–Kier alpha value is -0.295. The van der Waals surface area contributed by atoms with E-state index in [0.29, 0.717) is 0 Å². The molecule has 2 nitrogen and oxygen atoms in total. The van der Waals surface area contributed by atoms with E-state index in [-0.39, 0.29) is 0 Å². The van der Waals surface area contributed by atoms with Gasteiger partial charge in [-0.25, -0.2) is 0 Å². The molecule has 14 heavy (non-hydrogen) atoms. The van der Waals surface area contributed by atoms with Gasteiger partial charge in [-0.15, -0.1) is 0 Å². The highest BCUT2D eigenvalue weighted by atomic mass is 19.5. The Labute approximate surface area is 82.0 Å². The SMILES string of the molecule is CC1C(C)N(C)CN1C.F[B-](F)(F)F. The topological polar surface area (TPSA) is 6.48 Å². The van der Waals surface area contributed by atoms with Gasteiger partial charge in [-0.05, 0) is 27.9 Å². The summed E-state index contributed by atoms with van der Waals surface area (Å²) in [7, 11) is -1.66. The van der Waals surface area contributed by atoms with E-state index in [2.05, 4.69) is 37.7 Å². The fourth-order valence-electron chi connectivity index (χ4n) is 1.35. The number of hydrogen-bond donors (Lipinski definition) is 0. The van der Waals surface area contributed by atoms with Gasteiger partial charge < -0.3 is 17.3 Å². The molecule has 0 N–H and O–H groups in total. The summed E-state index contributed by atoms with van der Waals surface area (Å²) >= 11 is 0. The van der Waals surface area contributed by atoms with Gasteiger partial charge in [0.25, 0.3) is 0 Å². The molecule has 1 heterocycles. The first-order chi connectivity index (χ1) is 6.13. The molecule has 0 aromatic carbocycles. The summed E-state index contributed by atoms with van der Waals surface area (Å²) in [5.74, 6) is 0. The van der Waals surface area contributed by atoms with E-state index in [9.17, 15) is 17.3 Å². The first kappa shape index (κ1) is 13.7. The second-order valence-electron chi connectivity index (χ2n) is 3.63. The quantitative estimate of drug-likeness (QED) is 0.449. The van der Waals surface area contributed by atoms with Gasteiger partial charge in [-0.2, -0.15) is 0 Å². The molecule has 1 saturated heterocycles. The molecule has 0 radical (unpaired) electrons. The van der Waals surface area contributed by atoms with Gasteiger partial charge in [0.1, 0.15) is 0 Å². The Morgan fingerprint density at radius 2 is 1.14 bits per heavy atom. The van der Waals surface area contributed by atoms with Crippen LogP contribution < -0.4 is 0 Å². The van der Waals surface area contributed by atoms with Crippen LogP contribution in [0.3, 0.4) is 0 Å². The smallest absolute Gasteiger partial charge is 0.418 e. The average molecular weight is 215 g/mol. The van der Waals surface area contributed by atoms with Crippen molar-refractivity contribution in [1.82, 2.24) is 9.80 Å². The molecule has 0 aromatic rings. The van der Waals surface area contributed by atoms with Crippen molar-refractivity contribution in [3.05, 3.63) is 0 Å². The van der Waals surface area contributed by atoms with Crippen LogP contribution in [0.4, 0.5) is 17.3 Å². The van der Waals surface area contributed by atoms with Crippen molar-refractivity contribution in [2.45, 2.75) is 25.9 Å². The van der Waals surface area contributed by atoms with E-state index in [1.807, 2.05) is 0 Å². The number of nitrogens with zero attached hydrogens (tertiary/aromatic N) is 2. The summed E-state index contributed by atoms with van der Waals surface area (Å²) in [5, 5.41) is 0. The Bertz CT molecular complexity index is 158. The molecule has 0 aliphatic carbocycles. The lowest BCUT2D eigenvalue weighted by atomic mass is 10.2. The maximum atomic E-state index is 9.75. The van der Waals surface area contributed by atoms with Crippen molar-refractivity contribution in [3.8, 4) is 0 Å². The average Bonchev–Trinajstić information content (AvgIpc) is 2.14. The highest BCUT2D eigenvalue weighted by Gasteiger charge is 2.28. The normalized spacial score (nSPS) is 30.0. The molecule has 2 atom stereocenters. The van der Waals surface area contributed by atoms with Crippen molar-refractivity contribution in [2.24, 2.45) is 0 Å². The standard InChI is InChI=1S/C7H16N2.BF4/c1-6-7(2)9(4)5-8(6)3;2-1(3,4)5/h6-7H,5H2,1-4H3;/q;-1. The minimum atomic E-state index is -6.00. The van der Waals surface area contributed by atoms with Gasteiger partial charge in [0.15, 0.2) is 0 Å². The van der Waals surface area contributed by atoms with E-state index in [1.165, 1.54) is 0 Å². The van der Waals surface area contributed by atoms with Gasteiger partial charge >= 0.3 is 7.25 Å². The first-order valence-electron chi connectivity index (χ1n) is 4.40. The zero-order valence-corrected chi connectivity index (χ0v) is 8.85. The molecule has 2 unspecified atom stereocenters. The largest absolute Gasteiger partial charge is 0.673 e. The molecular formula is C7H16BF4N2-. The predicted molar refractivity (Wildman–Crippen MR) is 49.5 cm³/mol. The molecule has 7 heteroatoms. The van der Waals surface area contributed by atoms with Crippen LogP contribution in [0.25, 0.3) is 0 Å². The Morgan fingerprint density at radius 3 is 1.21 bits per heavy atom. The summed E-state index contributed by atoms with van der Waals surface area (Å²) in [4.78, 5) is 4.73. The number of rotatable bonds is 0. The van der Waals surface area contributed by atoms with Crippen molar-refractivity contribution in [3.63, 3.8) is 0 Å². The molecule has 1 aliphatic heterocycles. The summed E-state index contributed by atoms with van der Waals surface area (Å²) in [6, 6.07) is 1.44. The van der Waals surface area contributed by atoms with Crippen LogP contribution in [-0.4, -0.2) is 49.9 Å². The van der Waals surface area contributed by atoms with E-state index in [0.717, 1.165) is 18.8 Å². The molecular weight excluding hydrogens is 199 g/mol. The Kier molecular flexibility index (Phi) is 4.87. The van der Waals surface area contributed by atoms with Gasteiger partial charge in [0.2, 0.25) is 0 Å². The number of hydrogen-bond acceptors (Lipinski definition) is 2. The molecule has 0 spiro atoms. The van der Waals surface area contributed by atoms with Gasteiger partial charge in [0, 0.05) is 12.1 Å². The van der Waals surface area contributed by atoms with Crippen molar-refractivity contribution in [2.75, 3.05) is 20.8 Å². The van der Waals surface area contributed by atoms with E-state index >= 15 is 0 Å². The molecule has 0 saturated carbocycles. The van der Waals surface area contributed by atoms with E-state index in [4.69, 9.17) is 0 Å². The van der Waals surface area contributed by atoms with Crippen molar-refractivity contribution in [1.29, 1.82) is 0 Å². The summed E-state index contributed by atoms with van der Waals surface area (Å²) in [6.07, 6.45) is 0. The summed E-state index contributed by atoms with van der Waals surface area (Å²) in [5.41, 5.74) is 0. The maximum absolute atomic E-state index is 9.75. The van der Waals surface area contributed by atoms with Crippen molar-refractivity contribution >= 4 is 7.25 Å². The highest BCUT2D eigenvalue weighted by Crippen LogP contribution is 2.15. The second-order valence-corrected chi connectivity index (χ2v) is 3.63. The van der Waals surface area contributed by atoms with Crippen LogP contribution in [0.15, 0.2) is 0 Å². The van der Waals surface area contributed by atoms with Crippen LogP contribution in [0, 0.1) is 0 Å². The number of halogens is 4. The molecule has 0 bridgehead atoms. The van der Waals surface area contributed by atoms with Crippen molar-refractivity contribution < 1.29 is 17.3 Å². The monoisotopic (exact) mass is 215 g/mol. The van der Waals surface area contributed by atoms with Crippen LogP contribution in [0.5, 0.6) is 0 Å². The fraction of sp³-hybridized carbons (Fsp3) is 1.00. The maximum Gasteiger partial charge on any atom is 0.673 e. The van der Waals surface area contributed by atoms with Gasteiger partial charge in [0.05, 0.1) is 6.67 Å². The lowest BCUT2D eigenvalue weighted by Gasteiger charge is -2.16. The third kappa shape index (κ3) is 5.44. The Balaban J connectivity index is 0.000000292. The minimum Gasteiger partial charge on any atom is -0.418 e. The Morgan fingerprint density at radius 1 is 0.929 bits per heavy atom. The molecule has 0 aromatic heterocycles. The zero-order valence-electron chi connectivity index (χ0n) is 8.85. The lowest BCUT2D eigenvalue weighted by Crippen LogP contribution is -2.29. The zero-order chi connectivity index (χ0) is 11.5. The fourth-order valence-corrected chi connectivity index (χ4v) is 1.35. The number of likely N-dealkylation sites (N-methyl/N-ethyl adjacent to an activating group) is 2. The van der Waals surface area contributed by atoms with Gasteiger partial charge in [-0.1, -0.05) is 0 Å². The molecule has 1 fully saturated rings. The van der Waals surface area contributed by atoms with Gasteiger partial charge in [-0.3, -0.25) is 9.80 Å².